The smallest absolute Gasteiger partial charge is 0.307 e. The number of hydrogen-bond donors (Lipinski definition) is 1. The van der Waals surface area contributed by atoms with Gasteiger partial charge in [-0.05, 0) is 26.0 Å². The number of carbonyl (C=O) groups excluding carboxylic acids is 1. The van der Waals surface area contributed by atoms with E-state index in [1.807, 2.05) is 23.6 Å². The number of rotatable bonds is 3. The van der Waals surface area contributed by atoms with Gasteiger partial charge in [0, 0.05) is 11.1 Å². The minimum absolute atomic E-state index is 0.226. The van der Waals surface area contributed by atoms with Crippen molar-refractivity contribution in [3.8, 4) is 0 Å². The number of hydrogen-bond acceptors (Lipinski definition) is 5. The number of hydrazone groups is 1. The first-order chi connectivity index (χ1) is 9.66. The lowest BCUT2D eigenvalue weighted by Crippen LogP contribution is -2.17. The number of fused-ring (bicyclic) bond motifs is 1. The van der Waals surface area contributed by atoms with Crippen molar-refractivity contribution >= 4 is 28.4 Å². The summed E-state index contributed by atoms with van der Waals surface area (Å²) in [4.78, 5) is 17.0. The van der Waals surface area contributed by atoms with Gasteiger partial charge in [0.15, 0.2) is 10.7 Å². The third-order valence-electron chi connectivity index (χ3n) is 2.85. The lowest BCUT2D eigenvalue weighted by molar-refractivity contribution is 0.0927. The Balaban J connectivity index is 1.82. The molecule has 102 valence electrons. The SMILES string of the molecule is Cc1nc2scc(C)n2c1/C=N\NC(=O)c1ccco1. The highest BCUT2D eigenvalue weighted by Crippen LogP contribution is 2.19. The summed E-state index contributed by atoms with van der Waals surface area (Å²) in [5, 5.41) is 5.99. The van der Waals surface area contributed by atoms with Crippen molar-refractivity contribution in [2.75, 3.05) is 0 Å². The summed E-state index contributed by atoms with van der Waals surface area (Å²) in [6, 6.07) is 3.23. The summed E-state index contributed by atoms with van der Waals surface area (Å²) in [6.07, 6.45) is 3.04. The number of thiazole rings is 1. The summed E-state index contributed by atoms with van der Waals surface area (Å²) >= 11 is 1.57. The van der Waals surface area contributed by atoms with Gasteiger partial charge >= 0.3 is 5.91 Å². The number of furan rings is 1. The molecule has 0 saturated carbocycles. The Bertz CT molecular complexity index is 783. The number of imidazole rings is 1. The molecule has 0 saturated heterocycles. The summed E-state index contributed by atoms with van der Waals surface area (Å²) in [7, 11) is 0. The number of nitrogens with zero attached hydrogens (tertiary/aromatic N) is 3. The molecule has 3 rings (SSSR count). The second kappa shape index (κ2) is 4.93. The van der Waals surface area contributed by atoms with Crippen molar-refractivity contribution in [2.24, 2.45) is 5.10 Å². The number of amides is 1. The molecular weight excluding hydrogens is 276 g/mol. The van der Waals surface area contributed by atoms with E-state index in [0.717, 1.165) is 22.0 Å². The monoisotopic (exact) mass is 288 g/mol. The molecule has 0 atom stereocenters. The molecule has 3 aromatic heterocycles. The zero-order valence-electron chi connectivity index (χ0n) is 11.0. The quantitative estimate of drug-likeness (QED) is 0.594. The van der Waals surface area contributed by atoms with Crippen LogP contribution in [0.4, 0.5) is 0 Å². The van der Waals surface area contributed by atoms with Gasteiger partial charge in [-0.2, -0.15) is 5.10 Å². The van der Waals surface area contributed by atoms with Gasteiger partial charge in [-0.25, -0.2) is 10.4 Å². The Morgan fingerprint density at radius 1 is 1.55 bits per heavy atom. The zero-order chi connectivity index (χ0) is 14.1. The molecule has 0 bridgehead atoms. The fourth-order valence-corrected chi connectivity index (χ4v) is 2.81. The van der Waals surface area contributed by atoms with E-state index in [-0.39, 0.29) is 11.7 Å². The molecule has 7 heteroatoms. The number of aryl methyl sites for hydroxylation is 2. The fourth-order valence-electron chi connectivity index (χ4n) is 1.89. The molecular formula is C13H12N4O2S. The van der Waals surface area contributed by atoms with Gasteiger partial charge in [0.25, 0.3) is 0 Å². The molecule has 0 aliphatic rings. The molecule has 1 N–H and O–H groups in total. The summed E-state index contributed by atoms with van der Waals surface area (Å²) < 4.78 is 6.98. The van der Waals surface area contributed by atoms with Gasteiger partial charge in [-0.15, -0.1) is 11.3 Å². The predicted molar refractivity (Wildman–Crippen MR) is 76.3 cm³/mol. The highest BCUT2D eigenvalue weighted by atomic mass is 32.1. The van der Waals surface area contributed by atoms with Crippen molar-refractivity contribution in [3.05, 3.63) is 46.6 Å². The second-order valence-electron chi connectivity index (χ2n) is 4.25. The molecule has 0 fully saturated rings. The normalized spacial score (nSPS) is 11.5. The molecule has 0 aliphatic heterocycles. The molecule has 3 aromatic rings. The molecule has 20 heavy (non-hydrogen) atoms. The van der Waals surface area contributed by atoms with Crippen LogP contribution in [-0.4, -0.2) is 21.5 Å². The van der Waals surface area contributed by atoms with Crippen LogP contribution in [0.2, 0.25) is 0 Å². The maximum Gasteiger partial charge on any atom is 0.307 e. The minimum atomic E-state index is -0.383. The van der Waals surface area contributed by atoms with E-state index < -0.39 is 0 Å². The third-order valence-corrected chi connectivity index (χ3v) is 3.80. The fraction of sp³-hybridized carbons (Fsp3) is 0.154. The van der Waals surface area contributed by atoms with Crippen molar-refractivity contribution in [1.29, 1.82) is 0 Å². The topological polar surface area (TPSA) is 71.9 Å². The van der Waals surface area contributed by atoms with Crippen LogP contribution in [0.15, 0.2) is 33.3 Å². The van der Waals surface area contributed by atoms with Crippen LogP contribution in [0.25, 0.3) is 4.96 Å². The Morgan fingerprint density at radius 2 is 2.40 bits per heavy atom. The van der Waals surface area contributed by atoms with Crippen LogP contribution in [-0.2, 0) is 0 Å². The molecule has 0 aromatic carbocycles. The summed E-state index contributed by atoms with van der Waals surface area (Å²) in [6.45, 7) is 3.91. The molecule has 1 amide bonds. The van der Waals surface area contributed by atoms with Crippen LogP contribution >= 0.6 is 11.3 Å². The molecule has 6 nitrogen and oxygen atoms in total. The van der Waals surface area contributed by atoms with Gasteiger partial charge in [0.1, 0.15) is 0 Å². The first kappa shape index (κ1) is 12.6. The van der Waals surface area contributed by atoms with E-state index in [2.05, 4.69) is 15.5 Å². The predicted octanol–water partition coefficient (Wildman–Crippen LogP) is 2.37. The van der Waals surface area contributed by atoms with Gasteiger partial charge in [-0.3, -0.25) is 9.20 Å². The van der Waals surface area contributed by atoms with Crippen molar-refractivity contribution in [3.63, 3.8) is 0 Å². The summed E-state index contributed by atoms with van der Waals surface area (Å²) in [5.74, 6) is -0.157. The highest BCUT2D eigenvalue weighted by Gasteiger charge is 2.11. The lowest BCUT2D eigenvalue weighted by Gasteiger charge is -1.97. The van der Waals surface area contributed by atoms with Crippen LogP contribution < -0.4 is 5.43 Å². The van der Waals surface area contributed by atoms with Crippen LogP contribution in [0, 0.1) is 13.8 Å². The molecule has 0 aliphatic carbocycles. The molecule has 3 heterocycles. The summed E-state index contributed by atoms with van der Waals surface area (Å²) in [5.41, 5.74) is 5.24. The first-order valence-electron chi connectivity index (χ1n) is 5.97. The Hall–Kier alpha value is -2.41. The van der Waals surface area contributed by atoms with Gasteiger partial charge in [-0.1, -0.05) is 0 Å². The van der Waals surface area contributed by atoms with Gasteiger partial charge in [0.2, 0.25) is 0 Å². The van der Waals surface area contributed by atoms with Gasteiger partial charge in [0.05, 0.1) is 23.9 Å². The van der Waals surface area contributed by atoms with E-state index in [1.54, 1.807) is 29.7 Å². The maximum atomic E-state index is 11.7. The zero-order valence-corrected chi connectivity index (χ0v) is 11.8. The number of nitrogens with one attached hydrogen (secondary N) is 1. The van der Waals surface area contributed by atoms with E-state index >= 15 is 0 Å². The van der Waals surface area contributed by atoms with Crippen LogP contribution in [0.3, 0.4) is 0 Å². The van der Waals surface area contributed by atoms with E-state index in [9.17, 15) is 4.79 Å². The van der Waals surface area contributed by atoms with Crippen molar-refractivity contribution < 1.29 is 9.21 Å². The van der Waals surface area contributed by atoms with Crippen LogP contribution in [0.5, 0.6) is 0 Å². The number of aromatic nitrogens is 2. The van der Waals surface area contributed by atoms with Gasteiger partial charge < -0.3 is 4.42 Å². The largest absolute Gasteiger partial charge is 0.459 e. The standard InChI is InChI=1S/C13H12N4O2S/c1-8-7-20-13-15-9(2)10(17(8)13)6-14-16-12(18)11-4-3-5-19-11/h3-7H,1-2H3,(H,16,18)/b14-6-. The van der Waals surface area contributed by atoms with E-state index in [0.29, 0.717) is 0 Å². The molecule has 0 radical (unpaired) electrons. The number of carbonyl (C=O) groups is 1. The average Bonchev–Trinajstić information content (AvgIpc) is 3.11. The van der Waals surface area contributed by atoms with Crippen LogP contribution in [0.1, 0.15) is 27.6 Å². The lowest BCUT2D eigenvalue weighted by atomic mass is 10.3. The first-order valence-corrected chi connectivity index (χ1v) is 6.85. The van der Waals surface area contributed by atoms with Crippen molar-refractivity contribution in [1.82, 2.24) is 14.8 Å². The van der Waals surface area contributed by atoms with E-state index in [1.165, 1.54) is 6.26 Å². The average molecular weight is 288 g/mol. The molecule has 0 spiro atoms. The maximum absolute atomic E-state index is 11.7. The third kappa shape index (κ3) is 2.12. The second-order valence-corrected chi connectivity index (χ2v) is 5.09. The van der Waals surface area contributed by atoms with E-state index in [4.69, 9.17) is 4.42 Å². The molecule has 0 unspecified atom stereocenters. The Kier molecular flexibility index (Phi) is 3.11. The Labute approximate surface area is 118 Å². The Morgan fingerprint density at radius 3 is 3.15 bits per heavy atom. The minimum Gasteiger partial charge on any atom is -0.459 e. The highest BCUT2D eigenvalue weighted by molar-refractivity contribution is 7.15. The van der Waals surface area contributed by atoms with Crippen molar-refractivity contribution in [2.45, 2.75) is 13.8 Å².